The van der Waals surface area contributed by atoms with Gasteiger partial charge in [-0.1, -0.05) is 27.7 Å². The molecule has 14 heteroatoms. The third-order valence-corrected chi connectivity index (χ3v) is 5.28. The van der Waals surface area contributed by atoms with Crippen LogP contribution in [0.5, 0.6) is 0 Å². The Morgan fingerprint density at radius 2 is 1.24 bits per heavy atom. The van der Waals surface area contributed by atoms with E-state index in [1.165, 1.54) is 0 Å². The van der Waals surface area contributed by atoms with Gasteiger partial charge < -0.3 is 44.0 Å². The molecule has 14 nitrogen and oxygen atoms in total. The van der Waals surface area contributed by atoms with Crippen LogP contribution >= 0.6 is 0 Å². The molecule has 0 saturated heterocycles. The molecule has 0 rings (SSSR count). The highest BCUT2D eigenvalue weighted by molar-refractivity contribution is 5.94. The minimum absolute atomic E-state index is 0.00512. The molecule has 0 radical (unpaired) electrons. The van der Waals surface area contributed by atoms with Gasteiger partial charge in [0.2, 0.25) is 23.6 Å². The van der Waals surface area contributed by atoms with Crippen LogP contribution in [0, 0.1) is 11.8 Å². The van der Waals surface area contributed by atoms with E-state index in [1.807, 2.05) is 13.8 Å². The van der Waals surface area contributed by atoms with Crippen LogP contribution in [0.2, 0.25) is 0 Å². The van der Waals surface area contributed by atoms with Crippen molar-refractivity contribution >= 4 is 35.6 Å². The van der Waals surface area contributed by atoms with Crippen molar-refractivity contribution in [2.24, 2.45) is 39.8 Å². The van der Waals surface area contributed by atoms with Gasteiger partial charge in [-0.15, -0.1) is 0 Å². The zero-order chi connectivity index (χ0) is 28.7. The Labute approximate surface area is 217 Å². The van der Waals surface area contributed by atoms with E-state index in [0.29, 0.717) is 13.0 Å². The summed E-state index contributed by atoms with van der Waals surface area (Å²) < 4.78 is 0. The van der Waals surface area contributed by atoms with Crippen molar-refractivity contribution < 1.29 is 29.1 Å². The molecule has 0 aliphatic heterocycles. The van der Waals surface area contributed by atoms with Gasteiger partial charge in [-0.25, -0.2) is 4.79 Å². The maximum atomic E-state index is 13.1. The van der Waals surface area contributed by atoms with Crippen LogP contribution in [0.3, 0.4) is 0 Å². The number of carbonyl (C=O) groups excluding carboxylic acids is 4. The number of aliphatic imine (C=N–C) groups is 1. The Balaban J connectivity index is 5.49. The largest absolute Gasteiger partial charge is 0.480 e. The van der Waals surface area contributed by atoms with E-state index < -0.39 is 53.8 Å². The lowest BCUT2D eigenvalue weighted by Crippen LogP contribution is -2.57. The lowest BCUT2D eigenvalue weighted by molar-refractivity contribution is -0.143. The molecule has 0 spiro atoms. The Morgan fingerprint density at radius 3 is 1.73 bits per heavy atom. The molecule has 0 aromatic carbocycles. The molecule has 4 unspecified atom stereocenters. The minimum Gasteiger partial charge on any atom is -0.480 e. The molecule has 0 aromatic heterocycles. The Hall–Kier alpha value is -3.42. The second-order valence-electron chi connectivity index (χ2n) is 9.84. The summed E-state index contributed by atoms with van der Waals surface area (Å²) >= 11 is 0. The smallest absolute Gasteiger partial charge is 0.326 e. The van der Waals surface area contributed by atoms with E-state index in [0.717, 1.165) is 0 Å². The average Bonchev–Trinajstić information content (AvgIpc) is 2.76. The highest BCUT2D eigenvalue weighted by Crippen LogP contribution is 2.09. The molecule has 0 saturated carbocycles. The number of carbonyl (C=O) groups is 5. The fraction of sp³-hybridized carbons (Fsp3) is 0.739. The van der Waals surface area contributed by atoms with Crippen molar-refractivity contribution in [2.45, 2.75) is 90.4 Å². The van der Waals surface area contributed by atoms with Crippen molar-refractivity contribution in [3.63, 3.8) is 0 Å². The van der Waals surface area contributed by atoms with Gasteiger partial charge in [0.15, 0.2) is 5.96 Å². The molecule has 4 amide bonds. The van der Waals surface area contributed by atoms with E-state index in [4.69, 9.17) is 22.9 Å². The minimum atomic E-state index is -1.24. The highest BCUT2D eigenvalue weighted by Gasteiger charge is 2.31. The van der Waals surface area contributed by atoms with Crippen LogP contribution in [0.25, 0.3) is 0 Å². The van der Waals surface area contributed by atoms with Gasteiger partial charge >= 0.3 is 5.97 Å². The summed E-state index contributed by atoms with van der Waals surface area (Å²) in [6.45, 7) is 7.60. The predicted octanol–water partition coefficient (Wildman–Crippen LogP) is -1.74. The number of carboxylic acid groups (broad SMARTS) is 1. The summed E-state index contributed by atoms with van der Waals surface area (Å²) in [6, 6.07) is -4.36. The van der Waals surface area contributed by atoms with Crippen LogP contribution < -0.4 is 38.9 Å². The first-order valence-corrected chi connectivity index (χ1v) is 12.4. The second-order valence-corrected chi connectivity index (χ2v) is 9.84. The molecular formula is C23H44N8O6. The number of aliphatic carboxylic acids is 1. The van der Waals surface area contributed by atoms with Gasteiger partial charge in [0.05, 0.1) is 6.04 Å². The van der Waals surface area contributed by atoms with Gasteiger partial charge in [-0.2, -0.15) is 0 Å². The van der Waals surface area contributed by atoms with Crippen molar-refractivity contribution in [2.75, 3.05) is 6.54 Å². The van der Waals surface area contributed by atoms with Crippen molar-refractivity contribution in [1.82, 2.24) is 16.0 Å². The standard InChI is InChI=1S/C23H44N8O6/c1-12(2)10-16(30-19(33)14(24)6-5-9-28-23(26)27)21(35)29-15(7-8-18(25)32)20(34)31-17(22(36)37)11-13(3)4/h12-17H,5-11,24H2,1-4H3,(H2,25,32)(H,29,35)(H,30,33)(H,31,34)(H,36,37)(H4,26,27,28). The third kappa shape index (κ3) is 15.3. The average molecular weight is 529 g/mol. The van der Waals surface area contributed by atoms with Crippen molar-refractivity contribution in [3.8, 4) is 0 Å². The summed E-state index contributed by atoms with van der Waals surface area (Å²) in [5.41, 5.74) is 21.7. The normalized spacial score (nSPS) is 14.2. The summed E-state index contributed by atoms with van der Waals surface area (Å²) in [4.78, 5) is 65.3. The summed E-state index contributed by atoms with van der Waals surface area (Å²) in [5.74, 6) is -4.01. The van der Waals surface area contributed by atoms with Crippen LogP contribution in [0.15, 0.2) is 4.99 Å². The molecule has 0 aliphatic rings. The quantitative estimate of drug-likeness (QED) is 0.0569. The van der Waals surface area contributed by atoms with Crippen LogP contribution in [-0.4, -0.2) is 71.4 Å². The van der Waals surface area contributed by atoms with Gasteiger partial charge in [0, 0.05) is 13.0 Å². The zero-order valence-electron chi connectivity index (χ0n) is 22.2. The van der Waals surface area contributed by atoms with E-state index in [-0.39, 0.29) is 49.9 Å². The maximum absolute atomic E-state index is 13.1. The lowest BCUT2D eigenvalue weighted by atomic mass is 10.0. The number of hydrogen-bond donors (Lipinski definition) is 8. The Kier molecular flexibility index (Phi) is 15.5. The van der Waals surface area contributed by atoms with Crippen molar-refractivity contribution in [3.05, 3.63) is 0 Å². The number of rotatable bonds is 18. The fourth-order valence-electron chi connectivity index (χ4n) is 3.43. The topological polar surface area (TPSA) is 258 Å². The number of primary amides is 1. The molecule has 12 N–H and O–H groups in total. The highest BCUT2D eigenvalue weighted by atomic mass is 16.4. The second kappa shape index (κ2) is 17.1. The number of hydrogen-bond acceptors (Lipinski definition) is 7. The molecule has 0 heterocycles. The number of amides is 4. The third-order valence-electron chi connectivity index (χ3n) is 5.28. The van der Waals surface area contributed by atoms with Gasteiger partial charge in [-0.05, 0) is 43.9 Å². The molecule has 37 heavy (non-hydrogen) atoms. The molecule has 0 aliphatic carbocycles. The van der Waals surface area contributed by atoms with Crippen LogP contribution in [0.1, 0.15) is 66.2 Å². The molecule has 4 atom stereocenters. The number of guanidine groups is 1. The zero-order valence-corrected chi connectivity index (χ0v) is 22.2. The SMILES string of the molecule is CC(C)CC(NC(=O)C(CCC(N)=O)NC(=O)C(CC(C)C)NC(=O)C(N)CCCN=C(N)N)C(=O)O. The maximum Gasteiger partial charge on any atom is 0.326 e. The fourth-order valence-corrected chi connectivity index (χ4v) is 3.43. The van der Waals surface area contributed by atoms with Gasteiger partial charge in [0.1, 0.15) is 18.1 Å². The van der Waals surface area contributed by atoms with E-state index in [2.05, 4.69) is 20.9 Å². The molecule has 0 bridgehead atoms. The number of carboxylic acids is 1. The number of nitrogens with one attached hydrogen (secondary N) is 3. The number of nitrogens with zero attached hydrogens (tertiary/aromatic N) is 1. The molecule has 0 aromatic rings. The van der Waals surface area contributed by atoms with E-state index in [1.54, 1.807) is 13.8 Å². The molecular weight excluding hydrogens is 484 g/mol. The summed E-state index contributed by atoms with van der Waals surface area (Å²) in [5, 5.41) is 17.0. The molecule has 0 fully saturated rings. The first-order chi connectivity index (χ1) is 17.1. The monoisotopic (exact) mass is 528 g/mol. The van der Waals surface area contributed by atoms with E-state index >= 15 is 0 Å². The summed E-state index contributed by atoms with van der Waals surface area (Å²) in [7, 11) is 0. The molecule has 212 valence electrons. The predicted molar refractivity (Wildman–Crippen MR) is 139 cm³/mol. The lowest BCUT2D eigenvalue weighted by Gasteiger charge is -2.26. The Bertz CT molecular complexity index is 813. The van der Waals surface area contributed by atoms with Crippen LogP contribution in [-0.2, 0) is 24.0 Å². The van der Waals surface area contributed by atoms with Crippen molar-refractivity contribution in [1.29, 1.82) is 0 Å². The van der Waals surface area contributed by atoms with E-state index in [9.17, 15) is 29.1 Å². The van der Waals surface area contributed by atoms with Crippen LogP contribution in [0.4, 0.5) is 0 Å². The number of nitrogens with two attached hydrogens (primary N) is 4. The first-order valence-electron chi connectivity index (χ1n) is 12.4. The van der Waals surface area contributed by atoms with Gasteiger partial charge in [-0.3, -0.25) is 24.2 Å². The summed E-state index contributed by atoms with van der Waals surface area (Å²) in [6.07, 6.45) is 0.771. The van der Waals surface area contributed by atoms with Gasteiger partial charge in [0.25, 0.3) is 0 Å². The first kappa shape index (κ1) is 33.6. The Morgan fingerprint density at radius 1 is 0.757 bits per heavy atom.